The van der Waals surface area contributed by atoms with Gasteiger partial charge in [-0.2, -0.15) is 0 Å². The maximum Gasteiger partial charge on any atom is 0.144 e. The van der Waals surface area contributed by atoms with Gasteiger partial charge in [0.1, 0.15) is 9.84 Å². The second kappa shape index (κ2) is 2.67. The fourth-order valence-corrected chi connectivity index (χ4v) is 0. The molecule has 0 amide bonds. The normalized spacial score (nSPS) is 9.67. The molecule has 0 unspecified atom stereocenters. The van der Waals surface area contributed by atoms with Gasteiger partial charge in [-0.05, 0) is 0 Å². The molecule has 6 heavy (non-hydrogen) atoms. The van der Waals surface area contributed by atoms with Crippen LogP contribution in [-0.2, 0) is 28.4 Å². The first-order valence-electron chi connectivity index (χ1n) is 1.15. The van der Waals surface area contributed by atoms with Gasteiger partial charge in [0.05, 0.1) is 0 Å². The summed E-state index contributed by atoms with van der Waals surface area (Å²) in [5.74, 6) is 0. The van der Waals surface area contributed by atoms with E-state index in [4.69, 9.17) is 0 Å². The summed E-state index contributed by atoms with van der Waals surface area (Å²) >= 11 is 0. The van der Waals surface area contributed by atoms with Crippen LogP contribution in [0.4, 0.5) is 0 Å². The molecule has 0 aliphatic rings. The van der Waals surface area contributed by atoms with Gasteiger partial charge in [-0.15, -0.1) is 0 Å². The quantitative estimate of drug-likeness (QED) is 0.467. The molecular weight excluding hydrogens is 139 g/mol. The average molecular weight is 145 g/mol. The molecule has 0 saturated heterocycles. The Morgan fingerprint density at radius 3 is 1.17 bits per heavy atom. The van der Waals surface area contributed by atoms with Gasteiger partial charge in [-0.25, -0.2) is 8.42 Å². The Bertz CT molecular complexity index is 94.7. The zero-order chi connectivity index (χ0) is 4.50. The molecule has 0 spiro atoms. The number of hydrogen-bond acceptors (Lipinski definition) is 2. The molecular formula is C2H6O2SV. The predicted molar refractivity (Wildman–Crippen MR) is 20.8 cm³/mol. The van der Waals surface area contributed by atoms with Gasteiger partial charge < -0.3 is 0 Å². The van der Waals surface area contributed by atoms with E-state index in [9.17, 15) is 8.42 Å². The molecule has 0 heterocycles. The van der Waals surface area contributed by atoms with Gasteiger partial charge in [-0.1, -0.05) is 0 Å². The van der Waals surface area contributed by atoms with E-state index < -0.39 is 9.84 Å². The molecule has 0 aliphatic carbocycles. The van der Waals surface area contributed by atoms with E-state index >= 15 is 0 Å². The van der Waals surface area contributed by atoms with Gasteiger partial charge in [0.25, 0.3) is 0 Å². The molecule has 0 fully saturated rings. The zero-order valence-corrected chi connectivity index (χ0v) is 5.89. The third-order valence-corrected chi connectivity index (χ3v) is 0. The largest absolute Gasteiger partial charge is 0.229 e. The molecule has 1 radical (unpaired) electrons. The zero-order valence-electron chi connectivity index (χ0n) is 3.67. The fourth-order valence-electron chi connectivity index (χ4n) is 0. The van der Waals surface area contributed by atoms with E-state index in [-0.39, 0.29) is 18.6 Å². The predicted octanol–water partition coefficient (Wildman–Crippen LogP) is -0.342. The van der Waals surface area contributed by atoms with Crippen LogP contribution in [0.3, 0.4) is 0 Å². The first-order valence-corrected chi connectivity index (χ1v) is 3.45. The number of rotatable bonds is 0. The summed E-state index contributed by atoms with van der Waals surface area (Å²) < 4.78 is 19.3. The minimum atomic E-state index is -2.67. The Hall–Kier alpha value is 0.534. The van der Waals surface area contributed by atoms with Crippen molar-refractivity contribution >= 4 is 9.84 Å². The van der Waals surface area contributed by atoms with Gasteiger partial charge >= 0.3 is 0 Å². The third-order valence-electron chi connectivity index (χ3n) is 0. The van der Waals surface area contributed by atoms with Crippen molar-refractivity contribution in [2.24, 2.45) is 0 Å². The Balaban J connectivity index is 0. The summed E-state index contributed by atoms with van der Waals surface area (Å²) in [4.78, 5) is 0. The maximum absolute atomic E-state index is 9.63. The standard InChI is InChI=1S/C2H6O2S.V/c1-5(2,3)4;/h1-2H3;. The molecule has 2 nitrogen and oxygen atoms in total. The summed E-state index contributed by atoms with van der Waals surface area (Å²) in [6, 6.07) is 0. The first kappa shape index (κ1) is 9.73. The van der Waals surface area contributed by atoms with Crippen molar-refractivity contribution in [3.8, 4) is 0 Å². The summed E-state index contributed by atoms with van der Waals surface area (Å²) in [7, 11) is -2.67. The van der Waals surface area contributed by atoms with Crippen molar-refractivity contribution in [3.05, 3.63) is 0 Å². The van der Waals surface area contributed by atoms with Crippen LogP contribution >= 0.6 is 0 Å². The van der Waals surface area contributed by atoms with Crippen LogP contribution in [0.15, 0.2) is 0 Å². The smallest absolute Gasteiger partial charge is 0.144 e. The van der Waals surface area contributed by atoms with Crippen molar-refractivity contribution in [2.75, 3.05) is 12.5 Å². The second-order valence-electron chi connectivity index (χ2n) is 1.14. The van der Waals surface area contributed by atoms with E-state index in [0.29, 0.717) is 0 Å². The van der Waals surface area contributed by atoms with Crippen LogP contribution in [0.1, 0.15) is 0 Å². The number of hydrogen-bond donors (Lipinski definition) is 0. The number of sulfone groups is 1. The van der Waals surface area contributed by atoms with Crippen molar-refractivity contribution in [2.45, 2.75) is 0 Å². The van der Waals surface area contributed by atoms with Crippen LogP contribution in [0.5, 0.6) is 0 Å². The molecule has 4 heteroatoms. The first-order chi connectivity index (χ1) is 2.00. The fraction of sp³-hybridized carbons (Fsp3) is 1.00. The van der Waals surface area contributed by atoms with Crippen LogP contribution < -0.4 is 0 Å². The SMILES string of the molecule is CS(C)(=O)=O.[V]. The van der Waals surface area contributed by atoms with Crippen LogP contribution in [0, 0.1) is 0 Å². The topological polar surface area (TPSA) is 34.1 Å². The van der Waals surface area contributed by atoms with Crippen LogP contribution in [0.2, 0.25) is 0 Å². The van der Waals surface area contributed by atoms with E-state index in [2.05, 4.69) is 0 Å². The average Bonchev–Trinajstić information content (AvgIpc) is 0.722. The maximum atomic E-state index is 9.63. The molecule has 0 bridgehead atoms. The van der Waals surface area contributed by atoms with Gasteiger partial charge in [0.2, 0.25) is 0 Å². The summed E-state index contributed by atoms with van der Waals surface area (Å²) in [5, 5.41) is 0. The monoisotopic (exact) mass is 145 g/mol. The Morgan fingerprint density at radius 1 is 1.17 bits per heavy atom. The molecule has 37 valence electrons. The third kappa shape index (κ3) is 198. The summed E-state index contributed by atoms with van der Waals surface area (Å²) in [6.45, 7) is 0. The Kier molecular flexibility index (Phi) is 4.32. The molecule has 0 N–H and O–H groups in total. The summed E-state index contributed by atoms with van der Waals surface area (Å²) in [5.41, 5.74) is 0. The van der Waals surface area contributed by atoms with Crippen molar-refractivity contribution in [1.82, 2.24) is 0 Å². The van der Waals surface area contributed by atoms with Crippen molar-refractivity contribution < 1.29 is 27.0 Å². The minimum Gasteiger partial charge on any atom is -0.229 e. The van der Waals surface area contributed by atoms with Gasteiger partial charge in [0, 0.05) is 31.1 Å². The molecule has 0 aromatic rings. The van der Waals surface area contributed by atoms with E-state index in [1.54, 1.807) is 0 Å². The Morgan fingerprint density at radius 2 is 1.17 bits per heavy atom. The molecule has 0 atom stereocenters. The van der Waals surface area contributed by atoms with Crippen molar-refractivity contribution in [1.29, 1.82) is 0 Å². The molecule has 0 saturated carbocycles. The minimum absolute atomic E-state index is 0. The van der Waals surface area contributed by atoms with Crippen molar-refractivity contribution in [3.63, 3.8) is 0 Å². The summed E-state index contributed by atoms with van der Waals surface area (Å²) in [6.07, 6.45) is 2.32. The van der Waals surface area contributed by atoms with Gasteiger partial charge in [-0.3, -0.25) is 0 Å². The molecule has 0 aliphatic heterocycles. The van der Waals surface area contributed by atoms with Crippen LogP contribution in [0.25, 0.3) is 0 Å². The molecule has 0 rings (SSSR count). The molecule has 0 aromatic carbocycles. The second-order valence-corrected chi connectivity index (χ2v) is 3.43. The molecule has 0 aromatic heterocycles. The van der Waals surface area contributed by atoms with E-state index in [1.807, 2.05) is 0 Å². The van der Waals surface area contributed by atoms with E-state index in [1.165, 1.54) is 0 Å². The van der Waals surface area contributed by atoms with E-state index in [0.717, 1.165) is 12.5 Å². The Labute approximate surface area is 49.7 Å². The van der Waals surface area contributed by atoms with Crippen LogP contribution in [-0.4, -0.2) is 20.9 Å². The van der Waals surface area contributed by atoms with Gasteiger partial charge in [0.15, 0.2) is 0 Å².